The molecule has 2 rings (SSSR count). The van der Waals surface area contributed by atoms with Crippen molar-refractivity contribution < 1.29 is 9.26 Å². The van der Waals surface area contributed by atoms with Gasteiger partial charge < -0.3 is 15.0 Å². The molecular weight excluding hydrogens is 301 g/mol. The van der Waals surface area contributed by atoms with Crippen molar-refractivity contribution in [3.63, 3.8) is 0 Å². The van der Waals surface area contributed by atoms with Crippen molar-refractivity contribution in [3.05, 3.63) is 45.5 Å². The van der Waals surface area contributed by atoms with E-state index in [2.05, 4.69) is 10.1 Å². The summed E-state index contributed by atoms with van der Waals surface area (Å²) in [5.74, 6) is 1.02. The Morgan fingerprint density at radius 3 is 2.65 bits per heavy atom. The molecule has 0 aliphatic rings. The summed E-state index contributed by atoms with van der Waals surface area (Å²) in [6.45, 7) is 0.393. The molecule has 0 aliphatic heterocycles. The Morgan fingerprint density at radius 1 is 1.35 bits per heavy atom. The first-order chi connectivity index (χ1) is 9.63. The smallest absolute Gasteiger partial charge is 0.229 e. The van der Waals surface area contributed by atoms with E-state index in [1.54, 1.807) is 25.3 Å². The van der Waals surface area contributed by atoms with Crippen LogP contribution in [-0.2, 0) is 17.6 Å². The fourth-order valence-electron chi connectivity index (χ4n) is 1.76. The molecule has 1 aromatic carbocycles. The molecule has 0 radical (unpaired) electrons. The Kier molecular flexibility index (Phi) is 5.37. The lowest BCUT2D eigenvalue weighted by Gasteiger charge is -2.08. The predicted octanol–water partition coefficient (Wildman–Crippen LogP) is 2.48. The summed E-state index contributed by atoms with van der Waals surface area (Å²) in [5, 5.41) is 5.08. The van der Waals surface area contributed by atoms with Crippen LogP contribution < -0.4 is 5.73 Å². The van der Waals surface area contributed by atoms with E-state index in [1.807, 2.05) is 0 Å². The molecule has 0 amide bonds. The van der Waals surface area contributed by atoms with Gasteiger partial charge in [0.05, 0.1) is 12.5 Å². The Bertz CT molecular complexity index is 550. The number of halogens is 2. The molecule has 0 bridgehead atoms. The maximum atomic E-state index is 6.11. The first-order valence-corrected chi connectivity index (χ1v) is 6.86. The molecule has 0 saturated carbocycles. The van der Waals surface area contributed by atoms with E-state index in [0.29, 0.717) is 41.1 Å². The minimum Gasteiger partial charge on any atom is -0.380 e. The van der Waals surface area contributed by atoms with Gasteiger partial charge in [0.25, 0.3) is 0 Å². The van der Waals surface area contributed by atoms with Gasteiger partial charge in [0, 0.05) is 30.1 Å². The first kappa shape index (κ1) is 15.3. The monoisotopic (exact) mass is 315 g/mol. The standard InChI is InChI=1S/C13H15Cl2N3O2/c1-19-8(7-16)5-13-17-12(18-20-13)6-9-10(14)3-2-4-11(9)15/h2-4,8H,5-7,16H2,1H3. The minimum atomic E-state index is -0.132. The van der Waals surface area contributed by atoms with Crippen molar-refractivity contribution in [1.29, 1.82) is 0 Å². The van der Waals surface area contributed by atoms with Crippen LogP contribution in [0.5, 0.6) is 0 Å². The summed E-state index contributed by atoms with van der Waals surface area (Å²) in [4.78, 5) is 4.29. The number of hydrogen-bond donors (Lipinski definition) is 1. The van der Waals surface area contributed by atoms with Crippen LogP contribution in [0.25, 0.3) is 0 Å². The van der Waals surface area contributed by atoms with Crippen molar-refractivity contribution in [2.24, 2.45) is 5.73 Å². The van der Waals surface area contributed by atoms with E-state index < -0.39 is 0 Å². The fourth-order valence-corrected chi connectivity index (χ4v) is 2.29. The van der Waals surface area contributed by atoms with Crippen LogP contribution in [0.1, 0.15) is 17.3 Å². The van der Waals surface area contributed by atoms with Gasteiger partial charge in [-0.1, -0.05) is 34.4 Å². The van der Waals surface area contributed by atoms with Crippen LogP contribution in [-0.4, -0.2) is 29.9 Å². The maximum Gasteiger partial charge on any atom is 0.229 e. The molecular formula is C13H15Cl2N3O2. The highest BCUT2D eigenvalue weighted by Gasteiger charge is 2.15. The molecule has 1 heterocycles. The Morgan fingerprint density at radius 2 is 2.05 bits per heavy atom. The van der Waals surface area contributed by atoms with Gasteiger partial charge in [0.2, 0.25) is 5.89 Å². The Hall–Kier alpha value is -1.14. The van der Waals surface area contributed by atoms with E-state index in [9.17, 15) is 0 Å². The van der Waals surface area contributed by atoms with Gasteiger partial charge in [-0.05, 0) is 17.7 Å². The number of aromatic nitrogens is 2. The summed E-state index contributed by atoms with van der Waals surface area (Å²) in [7, 11) is 1.60. The molecule has 0 aliphatic carbocycles. The van der Waals surface area contributed by atoms with E-state index >= 15 is 0 Å². The second-order valence-electron chi connectivity index (χ2n) is 4.28. The third kappa shape index (κ3) is 3.70. The third-order valence-electron chi connectivity index (χ3n) is 2.91. The molecule has 1 atom stereocenters. The van der Waals surface area contributed by atoms with Crippen LogP contribution in [0.15, 0.2) is 22.7 Å². The SMILES string of the molecule is COC(CN)Cc1nc(Cc2c(Cl)cccc2Cl)no1. The van der Waals surface area contributed by atoms with Crippen LogP contribution in [0, 0.1) is 0 Å². The van der Waals surface area contributed by atoms with Crippen molar-refractivity contribution in [2.75, 3.05) is 13.7 Å². The Labute approximate surface area is 127 Å². The topological polar surface area (TPSA) is 74.2 Å². The van der Waals surface area contributed by atoms with E-state index in [-0.39, 0.29) is 6.10 Å². The van der Waals surface area contributed by atoms with Gasteiger partial charge >= 0.3 is 0 Å². The normalized spacial score (nSPS) is 12.6. The van der Waals surface area contributed by atoms with Gasteiger partial charge in [0.1, 0.15) is 0 Å². The lowest BCUT2D eigenvalue weighted by molar-refractivity contribution is 0.102. The second kappa shape index (κ2) is 7.04. The molecule has 7 heteroatoms. The fraction of sp³-hybridized carbons (Fsp3) is 0.385. The zero-order chi connectivity index (χ0) is 14.5. The minimum absolute atomic E-state index is 0.132. The number of ether oxygens (including phenoxy) is 1. The number of hydrogen-bond acceptors (Lipinski definition) is 5. The second-order valence-corrected chi connectivity index (χ2v) is 5.09. The van der Waals surface area contributed by atoms with E-state index in [1.165, 1.54) is 0 Å². The first-order valence-electron chi connectivity index (χ1n) is 6.11. The van der Waals surface area contributed by atoms with Crippen LogP contribution in [0.4, 0.5) is 0 Å². The predicted molar refractivity (Wildman–Crippen MR) is 77.1 cm³/mol. The molecule has 0 saturated heterocycles. The van der Waals surface area contributed by atoms with Gasteiger partial charge in [-0.15, -0.1) is 0 Å². The molecule has 2 aromatic rings. The highest BCUT2D eigenvalue weighted by Crippen LogP contribution is 2.26. The van der Waals surface area contributed by atoms with Gasteiger partial charge in [0.15, 0.2) is 5.82 Å². The van der Waals surface area contributed by atoms with Crippen LogP contribution in [0.2, 0.25) is 10.0 Å². The summed E-state index contributed by atoms with van der Waals surface area (Å²) < 4.78 is 10.3. The summed E-state index contributed by atoms with van der Waals surface area (Å²) in [6.07, 6.45) is 0.769. The number of nitrogens with two attached hydrogens (primary N) is 1. The number of rotatable bonds is 6. The zero-order valence-corrected chi connectivity index (χ0v) is 12.5. The average Bonchev–Trinajstić information content (AvgIpc) is 2.88. The molecule has 1 unspecified atom stereocenters. The van der Waals surface area contributed by atoms with Gasteiger partial charge in [-0.3, -0.25) is 0 Å². The lowest BCUT2D eigenvalue weighted by Crippen LogP contribution is -2.24. The molecule has 20 heavy (non-hydrogen) atoms. The largest absolute Gasteiger partial charge is 0.380 e. The summed E-state index contributed by atoms with van der Waals surface area (Å²) in [6, 6.07) is 5.35. The lowest BCUT2D eigenvalue weighted by atomic mass is 10.1. The van der Waals surface area contributed by atoms with Gasteiger partial charge in [-0.2, -0.15) is 4.98 Å². The quantitative estimate of drug-likeness (QED) is 0.886. The number of nitrogens with zero attached hydrogens (tertiary/aromatic N) is 2. The number of benzene rings is 1. The summed E-state index contributed by atoms with van der Waals surface area (Å²) >= 11 is 12.2. The molecule has 108 valence electrons. The zero-order valence-electron chi connectivity index (χ0n) is 11.0. The molecule has 2 N–H and O–H groups in total. The molecule has 0 fully saturated rings. The summed E-state index contributed by atoms with van der Waals surface area (Å²) in [5.41, 5.74) is 6.33. The third-order valence-corrected chi connectivity index (χ3v) is 3.61. The van der Waals surface area contributed by atoms with Crippen molar-refractivity contribution >= 4 is 23.2 Å². The van der Waals surface area contributed by atoms with Crippen LogP contribution >= 0.6 is 23.2 Å². The van der Waals surface area contributed by atoms with Crippen molar-refractivity contribution in [1.82, 2.24) is 10.1 Å². The Balaban J connectivity index is 2.10. The van der Waals surface area contributed by atoms with E-state index in [0.717, 1.165) is 5.56 Å². The highest BCUT2D eigenvalue weighted by molar-refractivity contribution is 6.36. The van der Waals surface area contributed by atoms with Crippen molar-refractivity contribution in [3.8, 4) is 0 Å². The maximum absolute atomic E-state index is 6.11. The highest BCUT2D eigenvalue weighted by atomic mass is 35.5. The average molecular weight is 316 g/mol. The van der Waals surface area contributed by atoms with Crippen LogP contribution in [0.3, 0.4) is 0 Å². The number of methoxy groups -OCH3 is 1. The molecule has 0 spiro atoms. The molecule has 5 nitrogen and oxygen atoms in total. The van der Waals surface area contributed by atoms with Crippen molar-refractivity contribution in [2.45, 2.75) is 18.9 Å². The molecule has 1 aromatic heterocycles. The van der Waals surface area contributed by atoms with E-state index in [4.69, 9.17) is 38.2 Å². The van der Waals surface area contributed by atoms with Gasteiger partial charge in [-0.25, -0.2) is 0 Å².